The highest BCUT2D eigenvalue weighted by atomic mass is 15.3. The number of aromatic nitrogens is 4. The zero-order valence-corrected chi connectivity index (χ0v) is 10.2. The predicted molar refractivity (Wildman–Crippen MR) is 66.8 cm³/mol. The van der Waals surface area contributed by atoms with E-state index in [9.17, 15) is 0 Å². The summed E-state index contributed by atoms with van der Waals surface area (Å²) in [6.45, 7) is 5.81. The number of hydrogen-bond donors (Lipinski definition) is 1. The molecule has 1 N–H and O–H groups in total. The summed E-state index contributed by atoms with van der Waals surface area (Å²) in [6, 6.07) is 1.94. The van der Waals surface area contributed by atoms with Gasteiger partial charge in [0.05, 0.1) is 6.20 Å². The van der Waals surface area contributed by atoms with E-state index in [-0.39, 0.29) is 0 Å². The molecule has 2 aromatic heterocycles. The summed E-state index contributed by atoms with van der Waals surface area (Å²) in [6.07, 6.45) is 6.52. The van der Waals surface area contributed by atoms with Crippen molar-refractivity contribution >= 4 is 5.82 Å². The van der Waals surface area contributed by atoms with Gasteiger partial charge < -0.3 is 5.32 Å². The summed E-state index contributed by atoms with van der Waals surface area (Å²) in [5.41, 5.74) is 2.18. The molecule has 90 valence electrons. The summed E-state index contributed by atoms with van der Waals surface area (Å²) < 4.78 is 1.96. The molecule has 0 aliphatic carbocycles. The smallest absolute Gasteiger partial charge is 0.129 e. The molecule has 0 aliphatic rings. The van der Waals surface area contributed by atoms with Gasteiger partial charge >= 0.3 is 0 Å². The summed E-state index contributed by atoms with van der Waals surface area (Å²) in [7, 11) is 0. The molecule has 17 heavy (non-hydrogen) atoms. The van der Waals surface area contributed by atoms with Crippen molar-refractivity contribution in [1.29, 1.82) is 0 Å². The number of aryl methyl sites for hydroxylation is 3. The van der Waals surface area contributed by atoms with Crippen molar-refractivity contribution in [2.45, 2.75) is 26.8 Å². The molecule has 2 heterocycles. The highest BCUT2D eigenvalue weighted by Crippen LogP contribution is 2.02. The van der Waals surface area contributed by atoms with Gasteiger partial charge in [0, 0.05) is 31.0 Å². The molecule has 0 amide bonds. The molecule has 2 rings (SSSR count). The minimum atomic E-state index is 0.883. The first-order chi connectivity index (χ1) is 8.24. The van der Waals surface area contributed by atoms with Gasteiger partial charge in [-0.25, -0.2) is 9.97 Å². The van der Waals surface area contributed by atoms with Gasteiger partial charge in [0.2, 0.25) is 0 Å². The summed E-state index contributed by atoms with van der Waals surface area (Å²) in [4.78, 5) is 8.20. The number of rotatable bonds is 5. The van der Waals surface area contributed by atoms with Gasteiger partial charge in [0.25, 0.3) is 0 Å². The van der Waals surface area contributed by atoms with E-state index >= 15 is 0 Å². The van der Waals surface area contributed by atoms with Crippen molar-refractivity contribution in [2.24, 2.45) is 0 Å². The normalized spacial score (nSPS) is 10.5. The standard InChI is InChI=1S/C12H17N5/c1-10-7-16-17(8-10)5-3-4-13-12-6-11(2)14-9-15-12/h6-9H,3-5H2,1-2H3,(H,13,14,15). The van der Waals surface area contributed by atoms with Crippen LogP contribution in [-0.2, 0) is 6.54 Å². The largest absolute Gasteiger partial charge is 0.370 e. The lowest BCUT2D eigenvalue weighted by Gasteiger charge is -2.05. The lowest BCUT2D eigenvalue weighted by molar-refractivity contribution is 0.591. The first-order valence-electron chi connectivity index (χ1n) is 5.75. The predicted octanol–water partition coefficient (Wildman–Crippen LogP) is 1.79. The average Bonchev–Trinajstić information content (AvgIpc) is 2.71. The van der Waals surface area contributed by atoms with Crippen molar-refractivity contribution in [3.63, 3.8) is 0 Å². The number of nitrogens with one attached hydrogen (secondary N) is 1. The second-order valence-electron chi connectivity index (χ2n) is 4.11. The third kappa shape index (κ3) is 3.55. The Kier molecular flexibility index (Phi) is 3.69. The van der Waals surface area contributed by atoms with Crippen LogP contribution >= 0.6 is 0 Å². The molecule has 2 aromatic rings. The van der Waals surface area contributed by atoms with Gasteiger partial charge in [-0.2, -0.15) is 5.10 Å². The number of nitrogens with zero attached hydrogens (tertiary/aromatic N) is 4. The maximum absolute atomic E-state index is 4.24. The van der Waals surface area contributed by atoms with Crippen LogP contribution < -0.4 is 5.32 Å². The Morgan fingerprint density at radius 3 is 2.88 bits per heavy atom. The molecule has 0 aliphatic heterocycles. The van der Waals surface area contributed by atoms with Crippen molar-refractivity contribution in [3.05, 3.63) is 36.0 Å². The molecule has 0 bridgehead atoms. The van der Waals surface area contributed by atoms with Crippen LogP contribution in [0.2, 0.25) is 0 Å². The zero-order valence-electron chi connectivity index (χ0n) is 10.2. The molecule has 0 spiro atoms. The van der Waals surface area contributed by atoms with Crippen LogP contribution in [0.1, 0.15) is 17.7 Å². The maximum Gasteiger partial charge on any atom is 0.129 e. The van der Waals surface area contributed by atoms with Gasteiger partial charge in [-0.3, -0.25) is 4.68 Å². The second kappa shape index (κ2) is 5.43. The average molecular weight is 231 g/mol. The Hall–Kier alpha value is -1.91. The number of anilines is 1. The quantitative estimate of drug-likeness (QED) is 0.797. The first-order valence-corrected chi connectivity index (χ1v) is 5.75. The molecule has 0 unspecified atom stereocenters. The topological polar surface area (TPSA) is 55.6 Å². The highest BCUT2D eigenvalue weighted by Gasteiger charge is 1.96. The van der Waals surface area contributed by atoms with E-state index in [4.69, 9.17) is 0 Å². The van der Waals surface area contributed by atoms with Crippen LogP contribution in [0, 0.1) is 13.8 Å². The fraction of sp³-hybridized carbons (Fsp3) is 0.417. The van der Waals surface area contributed by atoms with Crippen molar-refractivity contribution < 1.29 is 0 Å². The zero-order chi connectivity index (χ0) is 12.1. The lowest BCUT2D eigenvalue weighted by atomic mass is 10.4. The third-order valence-corrected chi connectivity index (χ3v) is 2.44. The molecular weight excluding hydrogens is 214 g/mol. The van der Waals surface area contributed by atoms with Crippen LogP contribution in [0.3, 0.4) is 0 Å². The lowest BCUT2D eigenvalue weighted by Crippen LogP contribution is -2.08. The Bertz CT molecular complexity index is 477. The second-order valence-corrected chi connectivity index (χ2v) is 4.11. The molecule has 0 fully saturated rings. The minimum Gasteiger partial charge on any atom is -0.370 e. The van der Waals surface area contributed by atoms with Crippen LogP contribution in [-0.4, -0.2) is 26.3 Å². The first kappa shape index (κ1) is 11.6. The molecule has 0 radical (unpaired) electrons. The Balaban J connectivity index is 1.73. The number of hydrogen-bond acceptors (Lipinski definition) is 4. The van der Waals surface area contributed by atoms with Crippen LogP contribution in [0.15, 0.2) is 24.8 Å². The SMILES string of the molecule is Cc1cnn(CCCNc2cc(C)ncn2)c1. The van der Waals surface area contributed by atoms with Crippen molar-refractivity contribution in [1.82, 2.24) is 19.7 Å². The van der Waals surface area contributed by atoms with Gasteiger partial charge in [0.15, 0.2) is 0 Å². The van der Waals surface area contributed by atoms with E-state index in [0.717, 1.165) is 31.0 Å². The summed E-state index contributed by atoms with van der Waals surface area (Å²) in [5.74, 6) is 0.883. The molecular formula is C12H17N5. The molecule has 0 atom stereocenters. The molecule has 0 saturated carbocycles. The van der Waals surface area contributed by atoms with Gasteiger partial charge in [0.1, 0.15) is 12.1 Å². The van der Waals surface area contributed by atoms with E-state index in [1.165, 1.54) is 5.56 Å². The highest BCUT2D eigenvalue weighted by molar-refractivity contribution is 5.33. The van der Waals surface area contributed by atoms with E-state index in [1.54, 1.807) is 6.33 Å². The summed E-state index contributed by atoms with van der Waals surface area (Å²) in [5, 5.41) is 7.51. The van der Waals surface area contributed by atoms with Gasteiger partial charge in [-0.1, -0.05) is 0 Å². The van der Waals surface area contributed by atoms with Crippen LogP contribution in [0.25, 0.3) is 0 Å². The molecule has 0 saturated heterocycles. The molecule has 0 aromatic carbocycles. The fourth-order valence-corrected chi connectivity index (χ4v) is 1.60. The van der Waals surface area contributed by atoms with E-state index in [0.29, 0.717) is 0 Å². The monoisotopic (exact) mass is 231 g/mol. The van der Waals surface area contributed by atoms with E-state index < -0.39 is 0 Å². The summed E-state index contributed by atoms with van der Waals surface area (Å²) >= 11 is 0. The fourth-order valence-electron chi connectivity index (χ4n) is 1.60. The Morgan fingerprint density at radius 1 is 1.29 bits per heavy atom. The minimum absolute atomic E-state index is 0.883. The van der Waals surface area contributed by atoms with E-state index in [1.807, 2.05) is 30.8 Å². The van der Waals surface area contributed by atoms with Crippen molar-refractivity contribution in [3.8, 4) is 0 Å². The van der Waals surface area contributed by atoms with E-state index in [2.05, 4.69) is 26.6 Å². The van der Waals surface area contributed by atoms with Gasteiger partial charge in [-0.05, 0) is 25.8 Å². The van der Waals surface area contributed by atoms with Crippen LogP contribution in [0.4, 0.5) is 5.82 Å². The molecule has 5 nitrogen and oxygen atoms in total. The Labute approximate surface area is 101 Å². The van der Waals surface area contributed by atoms with Crippen LogP contribution in [0.5, 0.6) is 0 Å². The van der Waals surface area contributed by atoms with Crippen molar-refractivity contribution in [2.75, 3.05) is 11.9 Å². The molecule has 5 heteroatoms. The Morgan fingerprint density at radius 2 is 2.18 bits per heavy atom. The van der Waals surface area contributed by atoms with Gasteiger partial charge in [-0.15, -0.1) is 0 Å². The third-order valence-electron chi connectivity index (χ3n) is 2.44. The maximum atomic E-state index is 4.24.